The van der Waals surface area contributed by atoms with Crippen LogP contribution in [0.3, 0.4) is 0 Å². The van der Waals surface area contributed by atoms with Crippen molar-refractivity contribution < 1.29 is 8.42 Å². The summed E-state index contributed by atoms with van der Waals surface area (Å²) in [7, 11) is -3.89. The summed E-state index contributed by atoms with van der Waals surface area (Å²) in [6, 6.07) is 9.31. The molecular formula is C14H12ClN3O2S. The van der Waals surface area contributed by atoms with E-state index in [1.54, 1.807) is 19.1 Å². The Balaban J connectivity index is 2.46. The molecule has 0 aliphatic carbocycles. The number of anilines is 1. The van der Waals surface area contributed by atoms with E-state index in [0.29, 0.717) is 11.4 Å². The minimum Gasteiger partial charge on any atom is -0.278 e. The van der Waals surface area contributed by atoms with Crippen molar-refractivity contribution in [2.75, 3.05) is 4.72 Å². The molecule has 0 radical (unpaired) electrons. The van der Waals surface area contributed by atoms with Gasteiger partial charge in [-0.25, -0.2) is 8.42 Å². The average molecular weight is 322 g/mol. The molecule has 0 aliphatic rings. The largest absolute Gasteiger partial charge is 0.278 e. The number of benzene rings is 1. The van der Waals surface area contributed by atoms with E-state index < -0.39 is 10.0 Å². The summed E-state index contributed by atoms with van der Waals surface area (Å²) in [4.78, 5) is 4.06. The van der Waals surface area contributed by atoms with Gasteiger partial charge >= 0.3 is 0 Å². The molecule has 0 atom stereocenters. The van der Waals surface area contributed by atoms with Crippen LogP contribution in [-0.2, 0) is 10.0 Å². The van der Waals surface area contributed by atoms with E-state index in [2.05, 4.69) is 9.71 Å². The first kappa shape index (κ1) is 15.3. The molecule has 0 unspecified atom stereocenters. The maximum atomic E-state index is 12.4. The topological polar surface area (TPSA) is 82.9 Å². The normalized spacial score (nSPS) is 11.0. The van der Waals surface area contributed by atoms with Crippen molar-refractivity contribution in [1.82, 2.24) is 4.98 Å². The van der Waals surface area contributed by atoms with Crippen LogP contribution in [0.2, 0.25) is 5.02 Å². The Labute approximate surface area is 128 Å². The van der Waals surface area contributed by atoms with Gasteiger partial charge in [0.15, 0.2) is 0 Å². The maximum Gasteiger partial charge on any atom is 0.263 e. The Bertz CT molecular complexity index is 842. The SMILES string of the molecule is Cc1ccc(NS(=O)(=O)c2cc(C#N)ccc2Cl)c(C)n1. The summed E-state index contributed by atoms with van der Waals surface area (Å²) >= 11 is 5.92. The maximum absolute atomic E-state index is 12.4. The van der Waals surface area contributed by atoms with Crippen LogP contribution in [0.4, 0.5) is 5.69 Å². The molecule has 0 spiro atoms. The number of hydrogen-bond donors (Lipinski definition) is 1. The number of nitrogens with zero attached hydrogens (tertiary/aromatic N) is 2. The fourth-order valence-corrected chi connectivity index (χ4v) is 3.42. The molecule has 2 rings (SSSR count). The van der Waals surface area contributed by atoms with Crippen molar-refractivity contribution >= 4 is 27.3 Å². The fraction of sp³-hybridized carbons (Fsp3) is 0.143. The van der Waals surface area contributed by atoms with Crippen molar-refractivity contribution in [2.45, 2.75) is 18.7 Å². The van der Waals surface area contributed by atoms with Crippen molar-refractivity contribution in [3.05, 3.63) is 52.3 Å². The number of rotatable bonds is 3. The van der Waals surface area contributed by atoms with E-state index in [4.69, 9.17) is 16.9 Å². The highest BCUT2D eigenvalue weighted by Gasteiger charge is 2.19. The standard InChI is InChI=1S/C14H12ClN3O2S/c1-9-3-6-13(10(2)17-9)18-21(19,20)14-7-11(8-16)4-5-12(14)15/h3-7,18H,1-2H3. The minimum absolute atomic E-state index is 0.0548. The van der Waals surface area contributed by atoms with E-state index in [1.165, 1.54) is 18.2 Å². The van der Waals surface area contributed by atoms with Gasteiger partial charge in [-0.15, -0.1) is 0 Å². The summed E-state index contributed by atoms with van der Waals surface area (Å²) in [5.74, 6) is 0. The highest BCUT2D eigenvalue weighted by Crippen LogP contribution is 2.25. The van der Waals surface area contributed by atoms with Crippen LogP contribution in [0.1, 0.15) is 17.0 Å². The van der Waals surface area contributed by atoms with Gasteiger partial charge in [-0.05, 0) is 44.2 Å². The lowest BCUT2D eigenvalue weighted by atomic mass is 10.2. The zero-order valence-corrected chi connectivity index (χ0v) is 13.0. The second-order valence-corrected chi connectivity index (χ2v) is 6.51. The highest BCUT2D eigenvalue weighted by atomic mass is 35.5. The number of nitrogens with one attached hydrogen (secondary N) is 1. The van der Waals surface area contributed by atoms with E-state index in [1.807, 2.05) is 13.0 Å². The Morgan fingerprint density at radius 1 is 1.24 bits per heavy atom. The van der Waals surface area contributed by atoms with Gasteiger partial charge in [0.1, 0.15) is 4.90 Å². The van der Waals surface area contributed by atoms with Gasteiger partial charge in [-0.2, -0.15) is 5.26 Å². The third-order valence-electron chi connectivity index (χ3n) is 2.82. The Kier molecular flexibility index (Phi) is 4.16. The molecular weight excluding hydrogens is 310 g/mol. The highest BCUT2D eigenvalue weighted by molar-refractivity contribution is 7.92. The van der Waals surface area contributed by atoms with Crippen LogP contribution in [0.5, 0.6) is 0 Å². The van der Waals surface area contributed by atoms with Gasteiger partial charge in [0.2, 0.25) is 0 Å². The molecule has 1 aromatic heterocycles. The van der Waals surface area contributed by atoms with E-state index in [0.717, 1.165) is 5.69 Å². The van der Waals surface area contributed by atoms with Crippen LogP contribution >= 0.6 is 11.6 Å². The molecule has 2 aromatic rings. The Hall–Kier alpha value is -2.10. The lowest BCUT2D eigenvalue weighted by Crippen LogP contribution is -2.15. The second-order valence-electron chi connectivity index (χ2n) is 4.45. The van der Waals surface area contributed by atoms with Crippen LogP contribution in [0.15, 0.2) is 35.2 Å². The predicted molar refractivity (Wildman–Crippen MR) is 80.7 cm³/mol. The molecule has 0 saturated carbocycles. The molecule has 1 aromatic carbocycles. The predicted octanol–water partition coefficient (Wildman–Crippen LogP) is 3.02. The van der Waals surface area contributed by atoms with Gasteiger partial charge in [0, 0.05) is 5.69 Å². The van der Waals surface area contributed by atoms with E-state index in [9.17, 15) is 8.42 Å². The molecule has 21 heavy (non-hydrogen) atoms. The summed E-state index contributed by atoms with van der Waals surface area (Å²) in [6.07, 6.45) is 0. The molecule has 0 amide bonds. The smallest absolute Gasteiger partial charge is 0.263 e. The minimum atomic E-state index is -3.89. The number of aromatic nitrogens is 1. The monoisotopic (exact) mass is 321 g/mol. The zero-order valence-electron chi connectivity index (χ0n) is 11.4. The summed E-state index contributed by atoms with van der Waals surface area (Å²) < 4.78 is 27.2. The Morgan fingerprint density at radius 3 is 2.57 bits per heavy atom. The number of nitriles is 1. The second kappa shape index (κ2) is 5.72. The molecule has 0 bridgehead atoms. The molecule has 5 nitrogen and oxygen atoms in total. The van der Waals surface area contributed by atoms with E-state index >= 15 is 0 Å². The first-order valence-corrected chi connectivity index (χ1v) is 7.86. The molecule has 1 heterocycles. The summed E-state index contributed by atoms with van der Waals surface area (Å²) in [6.45, 7) is 3.52. The number of sulfonamides is 1. The first-order chi connectivity index (χ1) is 9.83. The van der Waals surface area contributed by atoms with Crippen molar-refractivity contribution in [2.24, 2.45) is 0 Å². The van der Waals surface area contributed by atoms with Gasteiger partial charge in [0.25, 0.3) is 10.0 Å². The van der Waals surface area contributed by atoms with Crippen molar-refractivity contribution in [1.29, 1.82) is 5.26 Å². The first-order valence-electron chi connectivity index (χ1n) is 6.00. The Morgan fingerprint density at radius 2 is 1.95 bits per heavy atom. The number of hydrogen-bond acceptors (Lipinski definition) is 4. The van der Waals surface area contributed by atoms with Gasteiger partial charge in [-0.3, -0.25) is 9.71 Å². The number of aryl methyl sites for hydroxylation is 2. The summed E-state index contributed by atoms with van der Waals surface area (Å²) in [5.41, 5.74) is 1.95. The summed E-state index contributed by atoms with van der Waals surface area (Å²) in [5, 5.41) is 8.92. The van der Waals surface area contributed by atoms with Crippen LogP contribution in [0.25, 0.3) is 0 Å². The van der Waals surface area contributed by atoms with Gasteiger partial charge < -0.3 is 0 Å². The number of halogens is 1. The molecule has 0 fully saturated rings. The lowest BCUT2D eigenvalue weighted by molar-refractivity contribution is 0.601. The molecule has 0 aliphatic heterocycles. The molecule has 0 saturated heterocycles. The van der Waals surface area contributed by atoms with Crippen LogP contribution < -0.4 is 4.72 Å². The van der Waals surface area contributed by atoms with Crippen LogP contribution in [-0.4, -0.2) is 13.4 Å². The zero-order chi connectivity index (χ0) is 15.6. The van der Waals surface area contributed by atoms with Crippen molar-refractivity contribution in [3.8, 4) is 6.07 Å². The average Bonchev–Trinajstić information content (AvgIpc) is 2.42. The van der Waals surface area contributed by atoms with Crippen LogP contribution in [0, 0.1) is 25.2 Å². The number of pyridine rings is 1. The third-order valence-corrected chi connectivity index (χ3v) is 4.67. The third kappa shape index (κ3) is 3.32. The van der Waals surface area contributed by atoms with Gasteiger partial charge in [-0.1, -0.05) is 11.6 Å². The molecule has 1 N–H and O–H groups in total. The lowest BCUT2D eigenvalue weighted by Gasteiger charge is -2.11. The van der Waals surface area contributed by atoms with E-state index in [-0.39, 0.29) is 15.5 Å². The molecule has 108 valence electrons. The molecule has 7 heteroatoms. The van der Waals surface area contributed by atoms with Gasteiger partial charge in [0.05, 0.1) is 28.0 Å². The fourth-order valence-electron chi connectivity index (χ4n) is 1.77. The van der Waals surface area contributed by atoms with Crippen molar-refractivity contribution in [3.63, 3.8) is 0 Å². The quantitative estimate of drug-likeness (QED) is 0.941.